The molecule has 1 aliphatic heterocycles. The Hall–Kier alpha value is -0.000000000000000111. The van der Waals surface area contributed by atoms with Gasteiger partial charge in [0.25, 0.3) is 0 Å². The highest BCUT2D eigenvalue weighted by Gasteiger charge is 2.27. The molecular weight excluding hydrogens is 399 g/mol. The Morgan fingerprint density at radius 2 is 1.78 bits per heavy atom. The monoisotopic (exact) mass is 426 g/mol. The van der Waals surface area contributed by atoms with E-state index in [1.165, 1.54) is 5.56 Å². The zero-order chi connectivity index (χ0) is 15.6. The van der Waals surface area contributed by atoms with Crippen molar-refractivity contribution in [1.82, 2.24) is 10.2 Å². The van der Waals surface area contributed by atoms with E-state index < -0.39 is 0 Å². The van der Waals surface area contributed by atoms with Crippen molar-refractivity contribution in [1.29, 1.82) is 0 Å². The molecule has 1 saturated heterocycles. The van der Waals surface area contributed by atoms with Crippen LogP contribution in [0.2, 0.25) is 0 Å². The molecule has 0 radical (unpaired) electrons. The Balaban J connectivity index is 0.00000242. The predicted octanol–water partition coefficient (Wildman–Crippen LogP) is 4.61. The van der Waals surface area contributed by atoms with E-state index in [1.54, 1.807) is 0 Å². The number of benzene rings is 1. The quantitative estimate of drug-likeness (QED) is 0.736. The molecule has 1 aliphatic rings. The number of halogens is 3. The molecule has 2 N–H and O–H groups in total. The van der Waals surface area contributed by atoms with Gasteiger partial charge in [0, 0.05) is 42.3 Å². The Morgan fingerprint density at radius 1 is 1.22 bits per heavy atom. The third-order valence-electron chi connectivity index (χ3n) is 4.33. The molecule has 0 aliphatic carbocycles. The minimum atomic E-state index is 0. The summed E-state index contributed by atoms with van der Waals surface area (Å²) >= 11 is 3.68. The number of aryl methyl sites for hydroxylation is 1. The fourth-order valence-corrected chi connectivity index (χ4v) is 3.59. The van der Waals surface area contributed by atoms with Crippen LogP contribution in [-0.2, 0) is 0 Å². The zero-order valence-corrected chi connectivity index (χ0v) is 17.6. The second kappa shape index (κ2) is 10.1. The van der Waals surface area contributed by atoms with Gasteiger partial charge in [0.2, 0.25) is 0 Å². The minimum Gasteiger partial charge on any atom is -0.508 e. The molecule has 0 aromatic heterocycles. The maximum absolute atomic E-state index is 10.5. The van der Waals surface area contributed by atoms with Crippen molar-refractivity contribution in [3.63, 3.8) is 0 Å². The molecule has 0 amide bonds. The lowest BCUT2D eigenvalue weighted by molar-refractivity contribution is 0.151. The number of phenols is 1. The van der Waals surface area contributed by atoms with Gasteiger partial charge in [0.15, 0.2) is 0 Å². The van der Waals surface area contributed by atoms with Gasteiger partial charge in [0.1, 0.15) is 5.75 Å². The van der Waals surface area contributed by atoms with Crippen molar-refractivity contribution in [3.05, 3.63) is 27.2 Å². The van der Waals surface area contributed by atoms with Crippen LogP contribution in [0.25, 0.3) is 0 Å². The van der Waals surface area contributed by atoms with Crippen molar-refractivity contribution in [2.24, 2.45) is 5.92 Å². The van der Waals surface area contributed by atoms with Crippen LogP contribution in [0.1, 0.15) is 43.0 Å². The largest absolute Gasteiger partial charge is 0.508 e. The maximum Gasteiger partial charge on any atom is 0.120 e. The fraction of sp³-hybridized carbons (Fsp3) is 0.647. The summed E-state index contributed by atoms with van der Waals surface area (Å²) in [6.07, 6.45) is 1.07. The van der Waals surface area contributed by atoms with E-state index in [4.69, 9.17) is 0 Å². The number of hydrogen-bond acceptors (Lipinski definition) is 3. The van der Waals surface area contributed by atoms with Gasteiger partial charge in [0.05, 0.1) is 0 Å². The molecule has 6 heteroatoms. The third-order valence-corrected chi connectivity index (χ3v) is 5.55. The summed E-state index contributed by atoms with van der Waals surface area (Å²) in [7, 11) is 0. The lowest BCUT2D eigenvalue weighted by atomic mass is 9.90. The van der Waals surface area contributed by atoms with Crippen molar-refractivity contribution in [3.8, 4) is 5.75 Å². The molecule has 1 heterocycles. The molecule has 2 rings (SSSR count). The predicted molar refractivity (Wildman–Crippen MR) is 106 cm³/mol. The van der Waals surface area contributed by atoms with E-state index in [-0.39, 0.29) is 24.8 Å². The van der Waals surface area contributed by atoms with Gasteiger partial charge in [-0.1, -0.05) is 29.8 Å². The summed E-state index contributed by atoms with van der Waals surface area (Å²) < 4.78 is 1.12. The van der Waals surface area contributed by atoms with Crippen LogP contribution in [0.15, 0.2) is 10.5 Å². The van der Waals surface area contributed by atoms with E-state index >= 15 is 0 Å². The molecular formula is C17H29BrCl2N2O. The molecule has 0 saturated carbocycles. The molecule has 1 aromatic rings. The molecule has 1 aromatic carbocycles. The number of rotatable bonds is 4. The van der Waals surface area contributed by atoms with Crippen LogP contribution >= 0.6 is 40.7 Å². The Kier molecular flexibility index (Phi) is 10.1. The average Bonchev–Trinajstić information content (AvgIpc) is 2.44. The van der Waals surface area contributed by atoms with Crippen LogP contribution in [0.5, 0.6) is 5.75 Å². The minimum absolute atomic E-state index is 0. The highest BCUT2D eigenvalue weighted by Crippen LogP contribution is 2.40. The maximum atomic E-state index is 10.5. The fourth-order valence-electron chi connectivity index (χ4n) is 3.26. The summed E-state index contributed by atoms with van der Waals surface area (Å²) in [6, 6.07) is 2.19. The second-order valence-electron chi connectivity index (χ2n) is 6.50. The van der Waals surface area contributed by atoms with Gasteiger partial charge in [-0.15, -0.1) is 24.8 Å². The molecule has 0 unspecified atom stereocenters. The van der Waals surface area contributed by atoms with Crippen molar-refractivity contribution < 1.29 is 5.11 Å². The highest BCUT2D eigenvalue weighted by atomic mass is 79.9. The number of aromatic hydroxyl groups is 1. The normalized spacial score (nSPS) is 16.6. The molecule has 0 bridgehead atoms. The summed E-state index contributed by atoms with van der Waals surface area (Å²) in [4.78, 5) is 2.51. The van der Waals surface area contributed by atoms with E-state index in [0.717, 1.165) is 48.2 Å². The van der Waals surface area contributed by atoms with Gasteiger partial charge < -0.3 is 10.4 Å². The first-order valence-electron chi connectivity index (χ1n) is 7.85. The molecule has 1 atom stereocenters. The van der Waals surface area contributed by atoms with E-state index in [2.05, 4.69) is 46.9 Å². The van der Waals surface area contributed by atoms with Crippen molar-refractivity contribution >= 4 is 40.7 Å². The average molecular weight is 428 g/mol. The Bertz CT molecular complexity index is 506. The SMILES string of the molecule is Cc1cc(O)c([C@H](CC(C)C)N2CCNCC2)c(C)c1Br.Cl.Cl. The first-order chi connectivity index (χ1) is 9.91. The number of nitrogens with one attached hydrogen (secondary N) is 1. The highest BCUT2D eigenvalue weighted by molar-refractivity contribution is 9.10. The topological polar surface area (TPSA) is 35.5 Å². The molecule has 1 fully saturated rings. The Morgan fingerprint density at radius 3 is 2.30 bits per heavy atom. The van der Waals surface area contributed by atoms with Gasteiger partial charge in [-0.25, -0.2) is 0 Å². The van der Waals surface area contributed by atoms with Gasteiger partial charge in [-0.3, -0.25) is 4.90 Å². The van der Waals surface area contributed by atoms with Gasteiger partial charge in [-0.2, -0.15) is 0 Å². The molecule has 3 nitrogen and oxygen atoms in total. The Labute approximate surface area is 161 Å². The van der Waals surface area contributed by atoms with Crippen molar-refractivity contribution in [2.75, 3.05) is 26.2 Å². The van der Waals surface area contributed by atoms with Gasteiger partial charge in [-0.05, 0) is 43.4 Å². The lowest BCUT2D eigenvalue weighted by Gasteiger charge is -2.37. The third kappa shape index (κ3) is 5.50. The van der Waals surface area contributed by atoms with E-state index in [9.17, 15) is 5.11 Å². The molecule has 0 spiro atoms. The number of phenolic OH excluding ortho intramolecular Hbond substituents is 1. The molecule has 23 heavy (non-hydrogen) atoms. The summed E-state index contributed by atoms with van der Waals surface area (Å²) in [5.41, 5.74) is 3.37. The van der Waals surface area contributed by atoms with Crippen LogP contribution in [0, 0.1) is 19.8 Å². The first-order valence-corrected chi connectivity index (χ1v) is 8.64. The smallest absolute Gasteiger partial charge is 0.120 e. The van der Waals surface area contributed by atoms with E-state index in [0.29, 0.717) is 17.7 Å². The first kappa shape index (κ1) is 23.0. The van der Waals surface area contributed by atoms with Crippen LogP contribution < -0.4 is 5.32 Å². The second-order valence-corrected chi connectivity index (χ2v) is 7.29. The van der Waals surface area contributed by atoms with E-state index in [1.807, 2.05) is 13.0 Å². The van der Waals surface area contributed by atoms with Crippen molar-refractivity contribution in [2.45, 2.75) is 40.2 Å². The summed E-state index contributed by atoms with van der Waals surface area (Å²) in [5.74, 6) is 1.04. The number of piperazine rings is 1. The summed E-state index contributed by atoms with van der Waals surface area (Å²) in [5, 5.41) is 14.0. The number of hydrogen-bond donors (Lipinski definition) is 2. The zero-order valence-electron chi connectivity index (χ0n) is 14.4. The van der Waals surface area contributed by atoms with Crippen LogP contribution in [0.4, 0.5) is 0 Å². The lowest BCUT2D eigenvalue weighted by Crippen LogP contribution is -2.45. The standard InChI is InChI=1S/C17H27BrN2O.2ClH/c1-11(2)9-14(20-7-5-19-6-8-20)16-13(4)17(18)12(3)10-15(16)21;;/h10-11,14,19,21H,5-9H2,1-4H3;2*1H/t14-;;/m0../s1. The van der Waals surface area contributed by atoms with Gasteiger partial charge >= 0.3 is 0 Å². The molecule has 134 valence electrons. The summed E-state index contributed by atoms with van der Waals surface area (Å²) in [6.45, 7) is 12.8. The number of nitrogens with zero attached hydrogens (tertiary/aromatic N) is 1. The van der Waals surface area contributed by atoms with Crippen LogP contribution in [0.3, 0.4) is 0 Å². The van der Waals surface area contributed by atoms with Crippen LogP contribution in [-0.4, -0.2) is 36.2 Å².